The van der Waals surface area contributed by atoms with Crippen LogP contribution in [-0.4, -0.2) is 99.0 Å². The van der Waals surface area contributed by atoms with Crippen LogP contribution in [0.4, 0.5) is 11.4 Å². The summed E-state index contributed by atoms with van der Waals surface area (Å²) in [6.07, 6.45) is 9.20. The van der Waals surface area contributed by atoms with Crippen molar-refractivity contribution in [1.29, 1.82) is 0 Å². The van der Waals surface area contributed by atoms with Gasteiger partial charge >= 0.3 is 0 Å². The Morgan fingerprint density at radius 1 is 0.686 bits per heavy atom. The Kier molecular flexibility index (Phi) is 5.45. The number of ether oxygens (including phenoxy) is 2. The fourth-order valence-electron chi connectivity index (χ4n) is 15.2. The van der Waals surface area contributed by atoms with E-state index in [0.717, 1.165) is 72.8 Å². The molecule has 8 heteroatoms. The maximum absolute atomic E-state index is 14.9. The van der Waals surface area contributed by atoms with Crippen LogP contribution in [0.2, 0.25) is 0 Å². The molecule has 8 saturated heterocycles. The van der Waals surface area contributed by atoms with Gasteiger partial charge < -0.3 is 19.3 Å². The van der Waals surface area contributed by atoms with Gasteiger partial charge in [0.2, 0.25) is 0 Å². The van der Waals surface area contributed by atoms with Crippen molar-refractivity contribution < 1.29 is 19.1 Å². The standard InChI is InChI=1S/C43H48N4O4/c1-7-20-18-46-30-12-24(20)36-32(46)16-42(40(36)48)26-10-22(34(50-5)14-28(26)44(3)38(30)42)9-23-11-27-29(15-35(23)51-6)45(4)39-31-13-25-21(8-2)19-47(31)33-17-43(27,39)41(49)37(25)33/h7-8,10-11,14-15,24-25,30-33,36-39H,9,12-13,16-19H2,1-6H3/b20-7-,21-8-/t24-,25-,30-,31-,32-,33-,36-,37-,38-,39-,42+,43+/m0/s1. The minimum atomic E-state index is -0.469. The highest BCUT2D eigenvalue weighted by atomic mass is 16.5. The summed E-state index contributed by atoms with van der Waals surface area (Å²) in [7, 11) is 7.96. The molecule has 264 valence electrons. The van der Waals surface area contributed by atoms with Crippen LogP contribution >= 0.6 is 0 Å². The second-order valence-corrected chi connectivity index (χ2v) is 17.8. The molecule has 2 aromatic carbocycles. The summed E-state index contributed by atoms with van der Waals surface area (Å²) in [6, 6.07) is 10.9. The van der Waals surface area contributed by atoms with Crippen molar-refractivity contribution in [2.45, 2.75) is 93.0 Å². The van der Waals surface area contributed by atoms with E-state index in [4.69, 9.17) is 9.47 Å². The van der Waals surface area contributed by atoms with Crippen LogP contribution in [0.15, 0.2) is 47.6 Å². The monoisotopic (exact) mass is 684 g/mol. The molecule has 8 nitrogen and oxygen atoms in total. The van der Waals surface area contributed by atoms with Gasteiger partial charge in [0.05, 0.1) is 37.1 Å². The summed E-state index contributed by atoms with van der Waals surface area (Å²) in [6.45, 7) is 6.34. The highest BCUT2D eigenvalue weighted by Gasteiger charge is 2.76. The van der Waals surface area contributed by atoms with Crippen LogP contribution in [0.3, 0.4) is 0 Å². The van der Waals surface area contributed by atoms with E-state index in [-0.39, 0.29) is 23.9 Å². The van der Waals surface area contributed by atoms with Gasteiger partial charge in [-0.2, -0.15) is 0 Å². The first-order valence-electron chi connectivity index (χ1n) is 19.5. The van der Waals surface area contributed by atoms with Crippen molar-refractivity contribution in [1.82, 2.24) is 9.80 Å². The Balaban J connectivity index is 0.978. The molecule has 0 amide bonds. The summed E-state index contributed by atoms with van der Waals surface area (Å²) in [5, 5.41) is 0. The third kappa shape index (κ3) is 3.00. The van der Waals surface area contributed by atoms with Crippen LogP contribution in [0, 0.1) is 23.7 Å². The molecule has 10 fully saturated rings. The Morgan fingerprint density at radius 2 is 1.12 bits per heavy atom. The number of piperidine rings is 8. The van der Waals surface area contributed by atoms with E-state index in [2.05, 4.69) is 84.0 Å². The van der Waals surface area contributed by atoms with Gasteiger partial charge in [-0.25, -0.2) is 0 Å². The number of ketones is 2. The molecule has 14 rings (SSSR count). The van der Waals surface area contributed by atoms with Crippen LogP contribution in [0.25, 0.3) is 0 Å². The van der Waals surface area contributed by atoms with Crippen LogP contribution < -0.4 is 19.3 Å². The first kappa shape index (κ1) is 29.9. The Bertz CT molecular complexity index is 1940. The zero-order chi connectivity index (χ0) is 34.6. The quantitative estimate of drug-likeness (QED) is 0.432. The molecule has 2 unspecified atom stereocenters. The van der Waals surface area contributed by atoms with Gasteiger partial charge in [0.1, 0.15) is 11.5 Å². The lowest BCUT2D eigenvalue weighted by Crippen LogP contribution is -2.68. The topological polar surface area (TPSA) is 65.6 Å². The third-order valence-corrected chi connectivity index (χ3v) is 16.8. The van der Waals surface area contributed by atoms with Gasteiger partial charge in [-0.05, 0) is 85.8 Å². The molecule has 51 heavy (non-hydrogen) atoms. The number of benzene rings is 2. The highest BCUT2D eigenvalue weighted by molar-refractivity contribution is 6.03. The van der Waals surface area contributed by atoms with E-state index in [1.807, 2.05) is 0 Å². The molecule has 10 bridgehead atoms. The molecule has 14 atom stereocenters. The maximum Gasteiger partial charge on any atom is 0.150 e. The molecule has 10 aliphatic heterocycles. The van der Waals surface area contributed by atoms with Gasteiger partial charge in [0.15, 0.2) is 11.6 Å². The van der Waals surface area contributed by atoms with E-state index in [0.29, 0.717) is 54.0 Å². The normalized spacial score (nSPS) is 46.5. The summed E-state index contributed by atoms with van der Waals surface area (Å²) >= 11 is 0. The number of methoxy groups -OCH3 is 2. The maximum atomic E-state index is 14.9. The number of carbonyl (C=O) groups excluding carboxylic acids is 2. The smallest absolute Gasteiger partial charge is 0.150 e. The number of carbonyl (C=O) groups is 2. The van der Waals surface area contributed by atoms with E-state index in [9.17, 15) is 9.59 Å². The van der Waals surface area contributed by atoms with Gasteiger partial charge in [0.25, 0.3) is 0 Å². The summed E-state index contributed by atoms with van der Waals surface area (Å²) < 4.78 is 12.3. The second-order valence-electron chi connectivity index (χ2n) is 17.8. The second kappa shape index (κ2) is 9.29. The summed E-state index contributed by atoms with van der Waals surface area (Å²) in [4.78, 5) is 40.1. The van der Waals surface area contributed by atoms with E-state index in [1.165, 1.54) is 22.3 Å². The van der Waals surface area contributed by atoms with E-state index >= 15 is 0 Å². The van der Waals surface area contributed by atoms with Crippen LogP contribution in [0.1, 0.15) is 61.8 Å². The average Bonchev–Trinajstić information content (AvgIpc) is 3.73. The lowest BCUT2D eigenvalue weighted by atomic mass is 9.65. The number of Topliss-reactive ketones (excluding diaryl/α,β-unsaturated/α-hetero) is 2. The molecule has 2 aliphatic carbocycles. The summed E-state index contributed by atoms with van der Waals surface area (Å²) in [5.41, 5.74) is 8.90. The number of allylic oxidation sites excluding steroid dienone is 2. The lowest BCUT2D eigenvalue weighted by Gasteiger charge is -2.58. The minimum absolute atomic E-state index is 0.103. The number of hydrogen-bond acceptors (Lipinski definition) is 8. The van der Waals surface area contributed by atoms with Crippen LogP contribution in [0.5, 0.6) is 11.5 Å². The van der Waals surface area contributed by atoms with Crippen molar-refractivity contribution in [3.63, 3.8) is 0 Å². The van der Waals surface area contributed by atoms with Crippen molar-refractivity contribution >= 4 is 22.9 Å². The van der Waals surface area contributed by atoms with Crippen molar-refractivity contribution in [2.24, 2.45) is 23.7 Å². The first-order valence-corrected chi connectivity index (χ1v) is 19.5. The van der Waals surface area contributed by atoms with Gasteiger partial charge in [0, 0.05) is 93.1 Å². The molecular formula is C43H48N4O4. The van der Waals surface area contributed by atoms with Gasteiger partial charge in [-0.1, -0.05) is 23.3 Å². The average molecular weight is 685 g/mol. The zero-order valence-corrected chi connectivity index (χ0v) is 30.6. The molecule has 0 aromatic heterocycles. The molecule has 12 aliphatic rings. The highest BCUT2D eigenvalue weighted by Crippen LogP contribution is 2.68. The largest absolute Gasteiger partial charge is 0.496 e. The minimum Gasteiger partial charge on any atom is -0.496 e. The molecule has 0 radical (unpaired) electrons. The SMILES string of the molecule is C/C=C1/CN2[C@H]3C[C@]45C(=O)[C@H]3[C@H]1C[C@H]2[C@@H]4N(C)c1cc(OC)c(Cc2cc3c(cc2OC)N(C)[C@H]2[C@@H]4C[C@H]6/C(=C\C)CN4[C@H]4C[C@@]32C(=O)[C@@H]64)cc15. The van der Waals surface area contributed by atoms with Crippen LogP contribution in [-0.2, 0) is 26.8 Å². The van der Waals surface area contributed by atoms with E-state index in [1.54, 1.807) is 14.2 Å². The molecule has 10 heterocycles. The van der Waals surface area contributed by atoms with Crippen molar-refractivity contribution in [3.8, 4) is 11.5 Å². The van der Waals surface area contributed by atoms with Gasteiger partial charge in [-0.15, -0.1) is 0 Å². The number of rotatable bonds is 4. The number of nitrogens with zero attached hydrogens (tertiary/aromatic N) is 4. The molecule has 2 aromatic rings. The number of likely N-dealkylation sites (N-methyl/N-ethyl adjacent to an activating group) is 2. The summed E-state index contributed by atoms with van der Waals surface area (Å²) in [5.74, 6) is 3.65. The fraction of sp³-hybridized carbons (Fsp3) is 0.581. The molecular weight excluding hydrogens is 636 g/mol. The number of fused-ring (bicyclic) bond motifs is 4. The Labute approximate surface area is 300 Å². The van der Waals surface area contributed by atoms with Gasteiger partial charge in [-0.3, -0.25) is 19.4 Å². The number of anilines is 2. The third-order valence-electron chi connectivity index (χ3n) is 16.8. The predicted octanol–water partition coefficient (Wildman–Crippen LogP) is 4.65. The predicted molar refractivity (Wildman–Crippen MR) is 195 cm³/mol. The Hall–Kier alpha value is -3.62. The van der Waals surface area contributed by atoms with E-state index < -0.39 is 10.8 Å². The lowest BCUT2D eigenvalue weighted by molar-refractivity contribution is -0.127. The molecule has 2 spiro atoms. The van der Waals surface area contributed by atoms with Crippen molar-refractivity contribution in [3.05, 3.63) is 69.8 Å². The molecule has 0 N–H and O–H groups in total. The first-order chi connectivity index (χ1) is 24.7. The van der Waals surface area contributed by atoms with Crippen molar-refractivity contribution in [2.75, 3.05) is 51.2 Å². The fourth-order valence-corrected chi connectivity index (χ4v) is 15.2. The molecule has 2 saturated carbocycles. The zero-order valence-electron chi connectivity index (χ0n) is 30.6. The Morgan fingerprint density at radius 3 is 1.51 bits per heavy atom. The number of hydrogen-bond donors (Lipinski definition) is 0.